The number of nitrogens with zero attached hydrogens (tertiary/aromatic N) is 1. The number of hydrogen-bond donors (Lipinski definition) is 1. The van der Waals surface area contributed by atoms with Gasteiger partial charge in [0, 0.05) is 19.4 Å². The van der Waals surface area contributed by atoms with Crippen LogP contribution < -0.4 is 5.32 Å². The number of ether oxygens (including phenoxy) is 2. The molecule has 0 bridgehead atoms. The molecule has 2 heterocycles. The standard InChI is InChI=1S/C16H26N2O3S/c1-4-12-9(2)14(20-10(3)19)13-15(21-12)22-16(18-13)17-8-7-11-5-6-11/h9,11-15H,4-8H2,1-3H3,(H,17,18)/t9-,12-,13-,14?,15-/m1/s1. The van der Waals surface area contributed by atoms with Gasteiger partial charge in [-0.2, -0.15) is 0 Å². The molecule has 1 N–H and O–H groups in total. The molecule has 3 aliphatic rings. The van der Waals surface area contributed by atoms with Crippen LogP contribution >= 0.6 is 11.8 Å². The van der Waals surface area contributed by atoms with Crippen molar-refractivity contribution in [1.29, 1.82) is 0 Å². The highest BCUT2D eigenvalue weighted by Crippen LogP contribution is 2.40. The van der Waals surface area contributed by atoms with Crippen LogP contribution in [-0.4, -0.2) is 41.4 Å². The van der Waals surface area contributed by atoms with Crippen molar-refractivity contribution in [2.45, 2.75) is 70.1 Å². The fourth-order valence-electron chi connectivity index (χ4n) is 3.28. The number of carbonyl (C=O) groups is 1. The summed E-state index contributed by atoms with van der Waals surface area (Å²) in [6.07, 6.45) is 4.83. The molecule has 0 aromatic rings. The molecule has 1 saturated carbocycles. The van der Waals surface area contributed by atoms with Crippen molar-refractivity contribution in [2.75, 3.05) is 6.54 Å². The van der Waals surface area contributed by atoms with Crippen LogP contribution in [0.25, 0.3) is 0 Å². The first-order chi connectivity index (χ1) is 10.6. The van der Waals surface area contributed by atoms with E-state index in [2.05, 4.69) is 19.2 Å². The zero-order valence-electron chi connectivity index (χ0n) is 13.6. The van der Waals surface area contributed by atoms with Crippen molar-refractivity contribution in [3.63, 3.8) is 0 Å². The maximum absolute atomic E-state index is 11.4. The van der Waals surface area contributed by atoms with E-state index in [-0.39, 0.29) is 35.6 Å². The van der Waals surface area contributed by atoms with Gasteiger partial charge in [-0.25, -0.2) is 0 Å². The molecular formula is C16H26N2O3S. The number of aliphatic imine (C=N–C) groups is 1. The van der Waals surface area contributed by atoms with Crippen molar-refractivity contribution < 1.29 is 14.3 Å². The summed E-state index contributed by atoms with van der Waals surface area (Å²) in [5.41, 5.74) is -0.0334. The molecule has 124 valence electrons. The van der Waals surface area contributed by atoms with Crippen molar-refractivity contribution in [1.82, 2.24) is 5.32 Å². The summed E-state index contributed by atoms with van der Waals surface area (Å²) in [6, 6.07) is -0.0878. The Labute approximate surface area is 136 Å². The SMILES string of the molecule is CC[C@H]1O[C@@H]2SC(NCCC3CC3)=N[C@@H]2C(OC(C)=O)[C@@H]1C. The Morgan fingerprint density at radius 3 is 2.91 bits per heavy atom. The van der Waals surface area contributed by atoms with E-state index in [0.29, 0.717) is 0 Å². The lowest BCUT2D eigenvalue weighted by molar-refractivity contribution is -0.166. The average Bonchev–Trinajstić information content (AvgIpc) is 3.20. The van der Waals surface area contributed by atoms with Crippen LogP contribution in [0.3, 0.4) is 0 Å². The Balaban J connectivity index is 1.64. The van der Waals surface area contributed by atoms with E-state index in [4.69, 9.17) is 14.5 Å². The van der Waals surface area contributed by atoms with Gasteiger partial charge in [0.05, 0.1) is 6.10 Å². The largest absolute Gasteiger partial charge is 0.460 e. The molecule has 2 fully saturated rings. The minimum absolute atomic E-state index is 0.0334. The van der Waals surface area contributed by atoms with Crippen LogP contribution in [0.15, 0.2) is 4.99 Å². The van der Waals surface area contributed by atoms with Crippen molar-refractivity contribution >= 4 is 22.9 Å². The number of fused-ring (bicyclic) bond motifs is 1. The molecule has 0 spiro atoms. The van der Waals surface area contributed by atoms with Gasteiger partial charge in [0.25, 0.3) is 0 Å². The average molecular weight is 326 g/mol. The van der Waals surface area contributed by atoms with E-state index < -0.39 is 0 Å². The van der Waals surface area contributed by atoms with Gasteiger partial charge in [0.2, 0.25) is 0 Å². The van der Waals surface area contributed by atoms with Gasteiger partial charge >= 0.3 is 5.97 Å². The lowest BCUT2D eigenvalue weighted by Gasteiger charge is -2.40. The van der Waals surface area contributed by atoms with Crippen LogP contribution in [0.1, 0.15) is 46.5 Å². The Morgan fingerprint density at radius 2 is 2.27 bits per heavy atom. The summed E-state index contributed by atoms with van der Waals surface area (Å²) in [5, 5.41) is 4.36. The van der Waals surface area contributed by atoms with E-state index in [1.807, 2.05) is 0 Å². The van der Waals surface area contributed by atoms with Gasteiger partial charge in [0.15, 0.2) is 5.17 Å². The summed E-state index contributed by atoms with van der Waals surface area (Å²) in [4.78, 5) is 16.2. The normalized spacial score (nSPS) is 37.4. The molecule has 1 unspecified atom stereocenters. The quantitative estimate of drug-likeness (QED) is 0.787. The van der Waals surface area contributed by atoms with Crippen LogP contribution in [0.5, 0.6) is 0 Å². The molecule has 22 heavy (non-hydrogen) atoms. The van der Waals surface area contributed by atoms with Gasteiger partial charge in [0.1, 0.15) is 17.6 Å². The highest BCUT2D eigenvalue weighted by Gasteiger charge is 2.48. The first-order valence-corrected chi connectivity index (χ1v) is 9.27. The second-order valence-electron chi connectivity index (χ2n) is 6.59. The van der Waals surface area contributed by atoms with Gasteiger partial charge in [-0.05, 0) is 18.8 Å². The fourth-order valence-corrected chi connectivity index (χ4v) is 4.42. The number of amidine groups is 1. The zero-order chi connectivity index (χ0) is 15.7. The lowest BCUT2D eigenvalue weighted by Crippen LogP contribution is -2.51. The van der Waals surface area contributed by atoms with Crippen LogP contribution in [0, 0.1) is 11.8 Å². The predicted octanol–water partition coefficient (Wildman–Crippen LogP) is 2.55. The number of carbonyl (C=O) groups excluding carboxylic acids is 1. The summed E-state index contributed by atoms with van der Waals surface area (Å²) >= 11 is 1.64. The molecule has 2 aliphatic heterocycles. The third-order valence-electron chi connectivity index (χ3n) is 4.75. The second-order valence-corrected chi connectivity index (χ2v) is 7.67. The molecule has 1 aliphatic carbocycles. The highest BCUT2D eigenvalue weighted by molar-refractivity contribution is 8.14. The molecule has 5 nitrogen and oxygen atoms in total. The van der Waals surface area contributed by atoms with Crippen molar-refractivity contribution in [2.24, 2.45) is 16.8 Å². The molecule has 1 saturated heterocycles. The summed E-state index contributed by atoms with van der Waals surface area (Å²) in [5.74, 6) is 0.851. The number of rotatable bonds is 5. The van der Waals surface area contributed by atoms with Gasteiger partial charge in [-0.15, -0.1) is 0 Å². The molecule has 0 amide bonds. The topological polar surface area (TPSA) is 59.9 Å². The Hall–Kier alpha value is -0.750. The molecule has 5 atom stereocenters. The maximum Gasteiger partial charge on any atom is 0.302 e. The first kappa shape index (κ1) is 16.1. The van der Waals surface area contributed by atoms with E-state index in [9.17, 15) is 4.79 Å². The van der Waals surface area contributed by atoms with E-state index in [0.717, 1.165) is 24.1 Å². The number of thioether (sulfide) groups is 1. The smallest absolute Gasteiger partial charge is 0.302 e. The van der Waals surface area contributed by atoms with E-state index >= 15 is 0 Å². The summed E-state index contributed by atoms with van der Waals surface area (Å²) < 4.78 is 11.8. The van der Waals surface area contributed by atoms with Crippen LogP contribution in [-0.2, 0) is 14.3 Å². The summed E-state index contributed by atoms with van der Waals surface area (Å²) in [6.45, 7) is 6.65. The van der Waals surface area contributed by atoms with Gasteiger partial charge in [-0.3, -0.25) is 9.79 Å². The monoisotopic (exact) mass is 326 g/mol. The molecular weight excluding hydrogens is 300 g/mol. The Kier molecular flexibility index (Phi) is 4.97. The van der Waals surface area contributed by atoms with E-state index in [1.165, 1.54) is 26.2 Å². The second kappa shape index (κ2) is 6.79. The highest BCUT2D eigenvalue weighted by atomic mass is 32.2. The first-order valence-electron chi connectivity index (χ1n) is 8.39. The molecule has 0 aromatic carbocycles. The fraction of sp³-hybridized carbons (Fsp3) is 0.875. The summed E-state index contributed by atoms with van der Waals surface area (Å²) in [7, 11) is 0. The Bertz CT molecular complexity index is 453. The third kappa shape index (κ3) is 3.59. The predicted molar refractivity (Wildman–Crippen MR) is 87.8 cm³/mol. The van der Waals surface area contributed by atoms with Crippen molar-refractivity contribution in [3.8, 4) is 0 Å². The molecule has 3 rings (SSSR count). The van der Waals surface area contributed by atoms with Gasteiger partial charge < -0.3 is 14.8 Å². The van der Waals surface area contributed by atoms with Gasteiger partial charge in [-0.1, -0.05) is 38.5 Å². The van der Waals surface area contributed by atoms with Crippen LogP contribution in [0.2, 0.25) is 0 Å². The van der Waals surface area contributed by atoms with Crippen molar-refractivity contribution in [3.05, 3.63) is 0 Å². The zero-order valence-corrected chi connectivity index (χ0v) is 14.4. The number of nitrogens with one attached hydrogen (secondary N) is 1. The molecule has 0 aromatic heterocycles. The Morgan fingerprint density at radius 1 is 1.50 bits per heavy atom. The minimum Gasteiger partial charge on any atom is -0.460 e. The molecule has 0 radical (unpaired) electrons. The third-order valence-corrected chi connectivity index (χ3v) is 5.85. The van der Waals surface area contributed by atoms with Crippen LogP contribution in [0.4, 0.5) is 0 Å². The maximum atomic E-state index is 11.4. The number of hydrogen-bond acceptors (Lipinski definition) is 6. The minimum atomic E-state index is -0.234. The molecule has 6 heteroatoms. The van der Waals surface area contributed by atoms with E-state index in [1.54, 1.807) is 11.8 Å². The lowest BCUT2D eigenvalue weighted by atomic mass is 9.88. The number of esters is 1.